The average molecular weight is 270 g/mol. The lowest BCUT2D eigenvalue weighted by Gasteiger charge is -2.33. The van der Waals surface area contributed by atoms with Gasteiger partial charge in [0, 0.05) is 0 Å². The Hall–Kier alpha value is -0.810. The van der Waals surface area contributed by atoms with E-state index in [1.807, 2.05) is 0 Å². The van der Waals surface area contributed by atoms with E-state index in [-0.39, 0.29) is 0 Å². The number of carbonyl (C=O) groups is 1. The van der Waals surface area contributed by atoms with E-state index < -0.39 is 48.7 Å². The number of hydrogen-bond acceptors (Lipinski definition) is 8. The van der Waals surface area contributed by atoms with Crippen LogP contribution < -0.4 is 0 Å². The van der Waals surface area contributed by atoms with Crippen molar-refractivity contribution in [2.75, 3.05) is 6.61 Å². The van der Waals surface area contributed by atoms with Gasteiger partial charge in [-0.1, -0.05) is 0 Å². The normalized spacial score (nSPS) is 23.6. The zero-order chi connectivity index (χ0) is 14.7. The number of aliphatic hydroxyl groups is 7. The van der Waals surface area contributed by atoms with Gasteiger partial charge in [0.05, 0.1) is 6.61 Å². The summed E-state index contributed by atoms with van der Waals surface area (Å²) in [5.41, 5.74) is -2.76. The minimum absolute atomic E-state index is 0.685. The van der Waals surface area contributed by atoms with Crippen LogP contribution in [0.2, 0.25) is 0 Å². The second-order valence-electron chi connectivity index (χ2n) is 4.12. The van der Waals surface area contributed by atoms with Crippen molar-refractivity contribution in [2.45, 2.75) is 43.0 Å². The number of carboxylic acids is 1. The highest BCUT2D eigenvalue weighted by atomic mass is 16.4. The first-order valence-corrected chi connectivity index (χ1v) is 5.04. The number of rotatable bonds is 7. The molecule has 0 aliphatic carbocycles. The molecular formula is C9H18O9. The van der Waals surface area contributed by atoms with E-state index in [0.717, 1.165) is 0 Å². The Morgan fingerprint density at radius 2 is 1.50 bits per heavy atom. The molecule has 0 aliphatic heterocycles. The smallest absolute Gasteiger partial charge is 0.338 e. The molecular weight excluding hydrogens is 252 g/mol. The zero-order valence-electron chi connectivity index (χ0n) is 9.58. The Morgan fingerprint density at radius 1 is 1.06 bits per heavy atom. The minimum atomic E-state index is -2.76. The van der Waals surface area contributed by atoms with Crippen LogP contribution in [0.15, 0.2) is 0 Å². The number of hydrogen-bond donors (Lipinski definition) is 8. The third-order valence-corrected chi connectivity index (χ3v) is 2.61. The van der Waals surface area contributed by atoms with E-state index in [2.05, 4.69) is 0 Å². The van der Waals surface area contributed by atoms with Crippen molar-refractivity contribution >= 4 is 5.97 Å². The van der Waals surface area contributed by atoms with E-state index in [9.17, 15) is 30.3 Å². The number of carboxylic acid groups (broad SMARTS) is 1. The van der Waals surface area contributed by atoms with Crippen LogP contribution in [0, 0.1) is 0 Å². The average Bonchev–Trinajstić information content (AvgIpc) is 2.33. The van der Waals surface area contributed by atoms with Crippen molar-refractivity contribution < 1.29 is 45.6 Å². The van der Waals surface area contributed by atoms with E-state index in [1.165, 1.54) is 0 Å². The first-order valence-electron chi connectivity index (χ1n) is 5.04. The predicted octanol–water partition coefficient (Wildman–Crippen LogP) is -4.38. The molecule has 18 heavy (non-hydrogen) atoms. The van der Waals surface area contributed by atoms with Gasteiger partial charge in [-0.2, -0.15) is 0 Å². The second-order valence-corrected chi connectivity index (χ2v) is 4.12. The minimum Gasteiger partial charge on any atom is -0.479 e. The summed E-state index contributed by atoms with van der Waals surface area (Å²) in [5.74, 6) is -1.85. The van der Waals surface area contributed by atoms with Crippen LogP contribution >= 0.6 is 0 Å². The van der Waals surface area contributed by atoms with Crippen molar-refractivity contribution in [1.82, 2.24) is 0 Å². The fraction of sp³-hybridized carbons (Fsp3) is 0.889. The number of aliphatic carboxylic acids is 1. The highest BCUT2D eigenvalue weighted by Gasteiger charge is 2.46. The lowest BCUT2D eigenvalue weighted by Crippen LogP contribution is -2.59. The predicted molar refractivity (Wildman–Crippen MR) is 55.4 cm³/mol. The van der Waals surface area contributed by atoms with Crippen molar-refractivity contribution in [3.8, 4) is 0 Å². The fourth-order valence-corrected chi connectivity index (χ4v) is 1.18. The molecule has 9 nitrogen and oxygen atoms in total. The molecule has 0 saturated heterocycles. The maximum Gasteiger partial charge on any atom is 0.338 e. The van der Waals surface area contributed by atoms with Crippen molar-refractivity contribution in [2.24, 2.45) is 0 Å². The molecule has 0 spiro atoms. The highest BCUT2D eigenvalue weighted by molar-refractivity contribution is 5.77. The summed E-state index contributed by atoms with van der Waals surface area (Å²) in [6, 6.07) is 0. The van der Waals surface area contributed by atoms with Gasteiger partial charge >= 0.3 is 5.97 Å². The molecule has 0 rings (SSSR count). The van der Waals surface area contributed by atoms with Gasteiger partial charge in [-0.05, 0) is 6.92 Å². The Bertz CT molecular complexity index is 279. The van der Waals surface area contributed by atoms with Crippen LogP contribution in [-0.2, 0) is 4.79 Å². The fourth-order valence-electron chi connectivity index (χ4n) is 1.18. The van der Waals surface area contributed by atoms with Crippen LogP contribution in [0.3, 0.4) is 0 Å². The lowest BCUT2D eigenvalue weighted by molar-refractivity contribution is -0.196. The van der Waals surface area contributed by atoms with Crippen LogP contribution in [0.4, 0.5) is 0 Å². The second kappa shape index (κ2) is 6.38. The Kier molecular flexibility index (Phi) is 6.10. The van der Waals surface area contributed by atoms with Gasteiger partial charge in [0.2, 0.25) is 0 Å². The van der Waals surface area contributed by atoms with Crippen LogP contribution in [-0.4, -0.2) is 89.5 Å². The van der Waals surface area contributed by atoms with Gasteiger partial charge in [-0.25, -0.2) is 4.79 Å². The monoisotopic (exact) mass is 270 g/mol. The lowest BCUT2D eigenvalue weighted by atomic mass is 9.89. The Morgan fingerprint density at radius 3 is 1.83 bits per heavy atom. The molecule has 0 bridgehead atoms. The van der Waals surface area contributed by atoms with Crippen molar-refractivity contribution in [1.29, 1.82) is 0 Å². The van der Waals surface area contributed by atoms with Crippen molar-refractivity contribution in [3.05, 3.63) is 0 Å². The van der Waals surface area contributed by atoms with Gasteiger partial charge in [0.25, 0.3) is 0 Å². The van der Waals surface area contributed by atoms with Crippen LogP contribution in [0.5, 0.6) is 0 Å². The maximum absolute atomic E-state index is 10.6. The first-order chi connectivity index (χ1) is 8.07. The van der Waals surface area contributed by atoms with Gasteiger partial charge in [-0.3, -0.25) is 0 Å². The Balaban J connectivity index is 4.84. The molecule has 9 heteroatoms. The molecule has 0 amide bonds. The van der Waals surface area contributed by atoms with Gasteiger partial charge in [0.15, 0.2) is 5.60 Å². The van der Waals surface area contributed by atoms with Crippen molar-refractivity contribution in [3.63, 3.8) is 0 Å². The number of aliphatic hydroxyl groups excluding tert-OH is 6. The summed E-state index contributed by atoms with van der Waals surface area (Å²) in [6.07, 6.45) is -10.5. The molecule has 8 N–H and O–H groups in total. The largest absolute Gasteiger partial charge is 0.479 e. The summed E-state index contributed by atoms with van der Waals surface area (Å²) in [6.45, 7) is -0.235. The summed E-state index contributed by atoms with van der Waals surface area (Å²) in [4.78, 5) is 10.6. The molecule has 0 saturated carbocycles. The SMILES string of the molecule is CC(O)(C(=O)O)C(O)C(O)C(O)C(O)C(O)CO. The third kappa shape index (κ3) is 3.59. The van der Waals surface area contributed by atoms with Gasteiger partial charge in [0.1, 0.15) is 30.5 Å². The van der Waals surface area contributed by atoms with Gasteiger partial charge in [-0.15, -0.1) is 0 Å². The molecule has 0 aromatic carbocycles. The zero-order valence-corrected chi connectivity index (χ0v) is 9.58. The summed E-state index contributed by atoms with van der Waals surface area (Å²) < 4.78 is 0. The summed E-state index contributed by atoms with van der Waals surface area (Å²) in [7, 11) is 0. The summed E-state index contributed by atoms with van der Waals surface area (Å²) in [5, 5.41) is 72.9. The third-order valence-electron chi connectivity index (χ3n) is 2.61. The summed E-state index contributed by atoms with van der Waals surface area (Å²) >= 11 is 0. The van der Waals surface area contributed by atoms with E-state index >= 15 is 0 Å². The molecule has 0 aliphatic rings. The molecule has 0 fully saturated rings. The van der Waals surface area contributed by atoms with E-state index in [1.54, 1.807) is 0 Å². The molecule has 0 heterocycles. The van der Waals surface area contributed by atoms with E-state index in [0.29, 0.717) is 6.92 Å². The topological polar surface area (TPSA) is 179 Å². The van der Waals surface area contributed by atoms with Crippen LogP contribution in [0.1, 0.15) is 6.92 Å². The molecule has 108 valence electrons. The standard InChI is InChI=1S/C9H18O9/c1-9(18,8(16)17)7(15)6(14)5(13)4(12)3(11)2-10/h3-7,10-15,18H,2H2,1H3,(H,16,17). The molecule has 6 unspecified atom stereocenters. The molecule has 0 radical (unpaired) electrons. The molecule has 0 aromatic heterocycles. The van der Waals surface area contributed by atoms with Gasteiger partial charge < -0.3 is 40.9 Å². The molecule has 6 atom stereocenters. The highest BCUT2D eigenvalue weighted by Crippen LogP contribution is 2.18. The Labute approximate surface area is 102 Å². The quantitative estimate of drug-likeness (QED) is 0.227. The van der Waals surface area contributed by atoms with E-state index in [4.69, 9.17) is 15.3 Å². The van der Waals surface area contributed by atoms with Crippen LogP contribution in [0.25, 0.3) is 0 Å². The maximum atomic E-state index is 10.6. The molecule has 0 aromatic rings. The first kappa shape index (κ1) is 17.2.